The van der Waals surface area contributed by atoms with Crippen LogP contribution in [0.15, 0.2) is 79.0 Å². The van der Waals surface area contributed by atoms with E-state index >= 15 is 0 Å². The summed E-state index contributed by atoms with van der Waals surface area (Å²) in [6, 6.07) is 22.6. The van der Waals surface area contributed by atoms with Crippen LogP contribution in [-0.4, -0.2) is 10.9 Å². The van der Waals surface area contributed by atoms with Gasteiger partial charge in [-0.25, -0.2) is 0 Å². The number of halogens is 1. The van der Waals surface area contributed by atoms with E-state index in [-0.39, 0.29) is 11.9 Å². The van der Waals surface area contributed by atoms with E-state index < -0.39 is 0 Å². The predicted octanol–water partition coefficient (Wildman–Crippen LogP) is 4.25. The molecule has 0 atom stereocenters. The maximum absolute atomic E-state index is 12.5. The van der Waals surface area contributed by atoms with Gasteiger partial charge in [0.1, 0.15) is 5.69 Å². The van der Waals surface area contributed by atoms with Gasteiger partial charge < -0.3 is 5.32 Å². The van der Waals surface area contributed by atoms with Gasteiger partial charge >= 0.3 is 0 Å². The third kappa shape index (κ3) is 3.76. The van der Waals surface area contributed by atoms with Gasteiger partial charge in [-0.15, -0.1) is 0 Å². The van der Waals surface area contributed by atoms with Crippen molar-refractivity contribution < 1.29 is 4.79 Å². The molecule has 114 valence electrons. The largest absolute Gasteiger partial charge is 0.340 e. The van der Waals surface area contributed by atoms with Gasteiger partial charge in [-0.2, -0.15) is 0 Å². The zero-order chi connectivity index (χ0) is 16.1. The molecule has 1 N–H and O–H groups in total. The molecule has 1 amide bonds. The fourth-order valence-electron chi connectivity index (χ4n) is 2.38. The van der Waals surface area contributed by atoms with E-state index in [0.29, 0.717) is 10.7 Å². The summed E-state index contributed by atoms with van der Waals surface area (Å²) in [4.78, 5) is 16.6. The average molecular weight is 323 g/mol. The molecule has 0 unspecified atom stereocenters. The number of benzene rings is 2. The average Bonchev–Trinajstić information content (AvgIpc) is 2.61. The summed E-state index contributed by atoms with van der Waals surface area (Å²) in [5.41, 5.74) is 2.32. The quantitative estimate of drug-likeness (QED) is 0.780. The Morgan fingerprint density at radius 2 is 1.48 bits per heavy atom. The number of rotatable bonds is 4. The number of nitrogens with one attached hydrogen (secondary N) is 1. The maximum atomic E-state index is 12.5. The van der Waals surface area contributed by atoms with Crippen molar-refractivity contribution in [3.8, 4) is 0 Å². The molecule has 3 aromatic rings. The van der Waals surface area contributed by atoms with Crippen LogP contribution in [0.4, 0.5) is 0 Å². The lowest BCUT2D eigenvalue weighted by molar-refractivity contribution is 0.0938. The SMILES string of the molecule is O=C(NC(c1ccccc1)c1ccccc1)c1cc(Cl)ccn1. The van der Waals surface area contributed by atoms with Crippen LogP contribution in [-0.2, 0) is 0 Å². The molecular weight excluding hydrogens is 308 g/mol. The first kappa shape index (κ1) is 15.3. The van der Waals surface area contributed by atoms with Crippen molar-refractivity contribution in [3.63, 3.8) is 0 Å². The Labute approximate surface area is 140 Å². The van der Waals surface area contributed by atoms with Crippen molar-refractivity contribution in [3.05, 3.63) is 101 Å². The van der Waals surface area contributed by atoms with Gasteiger partial charge in [0.2, 0.25) is 0 Å². The minimum absolute atomic E-state index is 0.245. The number of hydrogen-bond donors (Lipinski definition) is 1. The van der Waals surface area contributed by atoms with E-state index in [2.05, 4.69) is 10.3 Å². The van der Waals surface area contributed by atoms with Crippen LogP contribution in [0.5, 0.6) is 0 Å². The highest BCUT2D eigenvalue weighted by molar-refractivity contribution is 6.30. The number of aromatic nitrogens is 1. The van der Waals surface area contributed by atoms with Crippen molar-refractivity contribution in [2.24, 2.45) is 0 Å². The van der Waals surface area contributed by atoms with Crippen LogP contribution in [0.2, 0.25) is 5.02 Å². The lowest BCUT2D eigenvalue weighted by atomic mass is 9.98. The van der Waals surface area contributed by atoms with Gasteiger partial charge in [-0.1, -0.05) is 72.3 Å². The Bertz CT molecular complexity index is 751. The summed E-state index contributed by atoms with van der Waals surface area (Å²) < 4.78 is 0. The third-order valence-corrected chi connectivity index (χ3v) is 3.73. The van der Waals surface area contributed by atoms with Crippen LogP contribution in [0.25, 0.3) is 0 Å². The van der Waals surface area contributed by atoms with E-state index in [1.807, 2.05) is 60.7 Å². The second kappa shape index (κ2) is 7.07. The number of nitrogens with zero attached hydrogens (tertiary/aromatic N) is 1. The minimum atomic E-state index is -0.259. The van der Waals surface area contributed by atoms with Crippen molar-refractivity contribution in [2.75, 3.05) is 0 Å². The van der Waals surface area contributed by atoms with Crippen molar-refractivity contribution in [2.45, 2.75) is 6.04 Å². The Balaban J connectivity index is 1.92. The molecule has 4 heteroatoms. The fraction of sp³-hybridized carbons (Fsp3) is 0.0526. The molecule has 0 saturated heterocycles. The highest BCUT2D eigenvalue weighted by atomic mass is 35.5. The Morgan fingerprint density at radius 1 is 0.913 bits per heavy atom. The summed E-state index contributed by atoms with van der Waals surface area (Å²) in [6.45, 7) is 0. The molecule has 0 aliphatic rings. The fourth-order valence-corrected chi connectivity index (χ4v) is 2.54. The second-order valence-corrected chi connectivity index (χ2v) is 5.52. The molecule has 1 heterocycles. The van der Waals surface area contributed by atoms with Crippen molar-refractivity contribution in [1.29, 1.82) is 0 Å². The highest BCUT2D eigenvalue weighted by Crippen LogP contribution is 2.22. The number of amides is 1. The summed E-state index contributed by atoms with van der Waals surface area (Å²) in [6.07, 6.45) is 1.53. The normalized spacial score (nSPS) is 10.5. The molecule has 3 nitrogen and oxygen atoms in total. The first-order chi connectivity index (χ1) is 11.2. The zero-order valence-corrected chi connectivity index (χ0v) is 13.1. The first-order valence-corrected chi connectivity index (χ1v) is 7.64. The predicted molar refractivity (Wildman–Crippen MR) is 91.4 cm³/mol. The lowest BCUT2D eigenvalue weighted by Gasteiger charge is -2.19. The van der Waals surface area contributed by atoms with E-state index in [1.54, 1.807) is 12.1 Å². The molecule has 2 aromatic carbocycles. The zero-order valence-electron chi connectivity index (χ0n) is 12.3. The van der Waals surface area contributed by atoms with Crippen LogP contribution in [0.1, 0.15) is 27.7 Å². The molecule has 0 spiro atoms. The van der Waals surface area contributed by atoms with E-state index in [0.717, 1.165) is 11.1 Å². The number of carbonyl (C=O) groups excluding carboxylic acids is 1. The van der Waals surface area contributed by atoms with Crippen LogP contribution in [0, 0.1) is 0 Å². The van der Waals surface area contributed by atoms with Crippen LogP contribution in [0.3, 0.4) is 0 Å². The monoisotopic (exact) mass is 322 g/mol. The standard InChI is InChI=1S/C19H15ClN2O/c20-16-11-12-21-17(13-16)19(23)22-18(14-7-3-1-4-8-14)15-9-5-2-6-10-15/h1-13,18H,(H,22,23). The Morgan fingerprint density at radius 3 is 2.00 bits per heavy atom. The summed E-state index contributed by atoms with van der Waals surface area (Å²) >= 11 is 5.94. The first-order valence-electron chi connectivity index (χ1n) is 7.26. The molecule has 0 fully saturated rings. The molecule has 1 aromatic heterocycles. The third-order valence-electron chi connectivity index (χ3n) is 3.50. The Kier molecular flexibility index (Phi) is 4.69. The number of carbonyl (C=O) groups is 1. The number of pyridine rings is 1. The number of hydrogen-bond acceptors (Lipinski definition) is 2. The van der Waals surface area contributed by atoms with Crippen molar-refractivity contribution in [1.82, 2.24) is 10.3 Å². The molecule has 0 saturated carbocycles. The van der Waals surface area contributed by atoms with Gasteiger partial charge in [-0.05, 0) is 23.3 Å². The molecule has 3 rings (SSSR count). The molecule has 0 aliphatic carbocycles. The van der Waals surface area contributed by atoms with E-state index in [4.69, 9.17) is 11.6 Å². The molecule has 0 bridgehead atoms. The van der Waals surface area contributed by atoms with Gasteiger partial charge in [-0.3, -0.25) is 9.78 Å². The summed E-state index contributed by atoms with van der Waals surface area (Å²) in [7, 11) is 0. The lowest BCUT2D eigenvalue weighted by Crippen LogP contribution is -2.29. The van der Waals surface area contributed by atoms with Crippen LogP contribution >= 0.6 is 11.6 Å². The molecular formula is C19H15ClN2O. The van der Waals surface area contributed by atoms with Gasteiger partial charge in [0.15, 0.2) is 0 Å². The molecule has 0 aliphatic heterocycles. The van der Waals surface area contributed by atoms with E-state index in [1.165, 1.54) is 6.20 Å². The van der Waals surface area contributed by atoms with Gasteiger partial charge in [0.25, 0.3) is 5.91 Å². The second-order valence-electron chi connectivity index (χ2n) is 5.09. The van der Waals surface area contributed by atoms with Gasteiger partial charge in [0, 0.05) is 11.2 Å². The summed E-state index contributed by atoms with van der Waals surface area (Å²) in [5, 5.41) is 3.52. The molecule has 23 heavy (non-hydrogen) atoms. The summed E-state index contributed by atoms with van der Waals surface area (Å²) in [5.74, 6) is -0.259. The topological polar surface area (TPSA) is 42.0 Å². The van der Waals surface area contributed by atoms with E-state index in [9.17, 15) is 4.79 Å². The van der Waals surface area contributed by atoms with Gasteiger partial charge in [0.05, 0.1) is 6.04 Å². The maximum Gasteiger partial charge on any atom is 0.270 e. The Hall–Kier alpha value is -2.65. The van der Waals surface area contributed by atoms with Crippen molar-refractivity contribution >= 4 is 17.5 Å². The molecule has 0 radical (unpaired) electrons. The minimum Gasteiger partial charge on any atom is -0.340 e. The smallest absolute Gasteiger partial charge is 0.270 e. The highest BCUT2D eigenvalue weighted by Gasteiger charge is 2.18. The van der Waals surface area contributed by atoms with Crippen LogP contribution < -0.4 is 5.32 Å².